The zero-order valence-electron chi connectivity index (χ0n) is 17.9. The third-order valence-electron chi connectivity index (χ3n) is 5.19. The summed E-state index contributed by atoms with van der Waals surface area (Å²) in [4.78, 5) is 12.5. The monoisotopic (exact) mass is 472 g/mol. The van der Waals surface area contributed by atoms with Crippen molar-refractivity contribution in [3.8, 4) is 11.5 Å². The van der Waals surface area contributed by atoms with Crippen molar-refractivity contribution in [2.75, 3.05) is 24.2 Å². The van der Waals surface area contributed by atoms with Gasteiger partial charge in [-0.05, 0) is 62.6 Å². The number of anilines is 1. The number of nitrogens with zero attached hydrogens (tertiary/aromatic N) is 3. The number of rotatable bonds is 7. The van der Waals surface area contributed by atoms with Crippen LogP contribution in [0.3, 0.4) is 0 Å². The lowest BCUT2D eigenvalue weighted by Gasteiger charge is -2.15. The molecule has 8 nitrogen and oxygen atoms in total. The predicted molar refractivity (Wildman–Crippen MR) is 123 cm³/mol. The molecule has 0 atom stereocenters. The summed E-state index contributed by atoms with van der Waals surface area (Å²) >= 11 is 1.14. The van der Waals surface area contributed by atoms with Gasteiger partial charge in [0.05, 0.1) is 10.6 Å². The largest absolute Gasteiger partial charge is 0.411 e. The summed E-state index contributed by atoms with van der Waals surface area (Å²) in [5, 5.41) is 11.1. The number of carbonyl (C=O) groups is 1. The molecule has 1 aliphatic rings. The second kappa shape index (κ2) is 9.43. The lowest BCUT2D eigenvalue weighted by atomic mass is 10.1. The zero-order valence-corrected chi connectivity index (χ0v) is 19.5. The van der Waals surface area contributed by atoms with Crippen LogP contribution in [0.15, 0.2) is 57.0 Å². The molecule has 0 saturated carbocycles. The minimum absolute atomic E-state index is 0.127. The van der Waals surface area contributed by atoms with Crippen molar-refractivity contribution in [1.29, 1.82) is 0 Å². The van der Waals surface area contributed by atoms with Crippen LogP contribution in [0.1, 0.15) is 24.0 Å². The molecule has 0 unspecified atom stereocenters. The number of aryl methyl sites for hydroxylation is 2. The van der Waals surface area contributed by atoms with E-state index in [4.69, 9.17) is 4.42 Å². The summed E-state index contributed by atoms with van der Waals surface area (Å²) in [5.41, 5.74) is 3.52. The Hall–Kier alpha value is -2.69. The second-order valence-corrected chi connectivity index (χ2v) is 10.5. The molecule has 2 heterocycles. The van der Waals surface area contributed by atoms with Crippen LogP contribution in [0.4, 0.5) is 5.69 Å². The van der Waals surface area contributed by atoms with E-state index < -0.39 is 10.0 Å². The quantitative estimate of drug-likeness (QED) is 0.520. The van der Waals surface area contributed by atoms with E-state index in [9.17, 15) is 13.2 Å². The number of hydrogen-bond acceptors (Lipinski definition) is 7. The van der Waals surface area contributed by atoms with E-state index in [1.807, 2.05) is 32.0 Å². The van der Waals surface area contributed by atoms with Crippen molar-refractivity contribution in [1.82, 2.24) is 14.5 Å². The Balaban J connectivity index is 1.36. The molecule has 0 bridgehead atoms. The molecular formula is C22H24N4O4S2. The van der Waals surface area contributed by atoms with Crippen LogP contribution in [0.25, 0.3) is 11.5 Å². The molecular weight excluding hydrogens is 448 g/mol. The third-order valence-corrected chi connectivity index (χ3v) is 7.92. The van der Waals surface area contributed by atoms with Crippen LogP contribution < -0.4 is 5.32 Å². The first-order valence-electron chi connectivity index (χ1n) is 10.3. The Labute approximate surface area is 191 Å². The van der Waals surface area contributed by atoms with Crippen LogP contribution in [0, 0.1) is 13.8 Å². The molecule has 10 heteroatoms. The highest BCUT2D eigenvalue weighted by molar-refractivity contribution is 7.99. The van der Waals surface area contributed by atoms with Gasteiger partial charge in [-0.2, -0.15) is 4.31 Å². The van der Waals surface area contributed by atoms with Crippen LogP contribution in [0.5, 0.6) is 0 Å². The van der Waals surface area contributed by atoms with Gasteiger partial charge in [-0.3, -0.25) is 4.79 Å². The van der Waals surface area contributed by atoms with Crippen molar-refractivity contribution in [2.45, 2.75) is 36.8 Å². The summed E-state index contributed by atoms with van der Waals surface area (Å²) in [6.45, 7) is 5.07. The van der Waals surface area contributed by atoms with Gasteiger partial charge in [0.1, 0.15) is 0 Å². The fraction of sp³-hybridized carbons (Fsp3) is 0.318. The maximum atomic E-state index is 12.6. The van der Waals surface area contributed by atoms with Gasteiger partial charge in [-0.25, -0.2) is 8.42 Å². The molecule has 1 fully saturated rings. The minimum Gasteiger partial charge on any atom is -0.411 e. The lowest BCUT2D eigenvalue weighted by Crippen LogP contribution is -2.27. The molecule has 4 rings (SSSR count). The number of benzene rings is 2. The van der Waals surface area contributed by atoms with Crippen molar-refractivity contribution in [3.63, 3.8) is 0 Å². The normalized spacial score (nSPS) is 14.6. The van der Waals surface area contributed by atoms with Gasteiger partial charge in [0.15, 0.2) is 0 Å². The molecule has 1 aliphatic heterocycles. The average molecular weight is 473 g/mol. The highest BCUT2D eigenvalue weighted by Gasteiger charge is 2.27. The number of sulfonamides is 1. The van der Waals surface area contributed by atoms with Gasteiger partial charge in [0.2, 0.25) is 21.8 Å². The molecule has 0 aliphatic carbocycles. The first-order valence-corrected chi connectivity index (χ1v) is 12.7. The van der Waals surface area contributed by atoms with E-state index >= 15 is 0 Å². The molecule has 1 N–H and O–H groups in total. The molecule has 168 valence electrons. The zero-order chi connectivity index (χ0) is 22.7. The maximum Gasteiger partial charge on any atom is 0.277 e. The SMILES string of the molecule is Cc1ccc(NC(=O)CSc2nnc(-c3ccc(S(=O)(=O)N4CCCC4)cc3)o2)c(C)c1. The van der Waals surface area contributed by atoms with Crippen molar-refractivity contribution < 1.29 is 17.6 Å². The molecule has 2 aromatic carbocycles. The maximum absolute atomic E-state index is 12.6. The highest BCUT2D eigenvalue weighted by Crippen LogP contribution is 2.26. The van der Waals surface area contributed by atoms with E-state index in [1.54, 1.807) is 24.3 Å². The Kier molecular flexibility index (Phi) is 6.63. The fourth-order valence-corrected chi connectivity index (χ4v) is 5.58. The topological polar surface area (TPSA) is 105 Å². The van der Waals surface area contributed by atoms with Gasteiger partial charge in [-0.1, -0.05) is 29.5 Å². The molecule has 1 saturated heterocycles. The van der Waals surface area contributed by atoms with Gasteiger partial charge < -0.3 is 9.73 Å². The summed E-state index contributed by atoms with van der Waals surface area (Å²) in [5.74, 6) is 0.229. The first kappa shape index (κ1) is 22.5. The Bertz CT molecular complexity index is 1220. The lowest BCUT2D eigenvalue weighted by molar-refractivity contribution is -0.113. The molecule has 0 spiro atoms. The Morgan fingerprint density at radius 2 is 1.81 bits per heavy atom. The van der Waals surface area contributed by atoms with Crippen molar-refractivity contribution >= 4 is 33.4 Å². The summed E-state index contributed by atoms with van der Waals surface area (Å²) in [6, 6.07) is 12.2. The van der Waals surface area contributed by atoms with E-state index in [2.05, 4.69) is 15.5 Å². The smallest absolute Gasteiger partial charge is 0.277 e. The van der Waals surface area contributed by atoms with E-state index in [0.717, 1.165) is 41.4 Å². The second-order valence-electron chi connectivity index (χ2n) is 7.66. The third kappa shape index (κ3) is 5.03. The molecule has 1 amide bonds. The first-order chi connectivity index (χ1) is 15.3. The average Bonchev–Trinajstić information content (AvgIpc) is 3.47. The standard InChI is InChI=1S/C22H24N4O4S2/c1-15-5-10-19(16(2)13-15)23-20(27)14-31-22-25-24-21(30-22)17-6-8-18(9-7-17)32(28,29)26-11-3-4-12-26/h5-10,13H,3-4,11-12,14H2,1-2H3,(H,23,27). The number of amides is 1. The van der Waals surface area contributed by atoms with Crippen LogP contribution in [-0.4, -0.2) is 47.7 Å². The number of aromatic nitrogens is 2. The van der Waals surface area contributed by atoms with Gasteiger partial charge in [0.25, 0.3) is 5.22 Å². The number of thioether (sulfide) groups is 1. The van der Waals surface area contributed by atoms with E-state index in [0.29, 0.717) is 18.7 Å². The molecule has 0 radical (unpaired) electrons. The van der Waals surface area contributed by atoms with Gasteiger partial charge in [0, 0.05) is 24.3 Å². The number of nitrogens with one attached hydrogen (secondary N) is 1. The van der Waals surface area contributed by atoms with E-state index in [-0.39, 0.29) is 27.7 Å². The van der Waals surface area contributed by atoms with E-state index in [1.165, 1.54) is 4.31 Å². The molecule has 32 heavy (non-hydrogen) atoms. The van der Waals surface area contributed by atoms with Crippen LogP contribution >= 0.6 is 11.8 Å². The summed E-state index contributed by atoms with van der Waals surface area (Å²) < 4.78 is 32.4. The Morgan fingerprint density at radius 1 is 1.09 bits per heavy atom. The number of hydrogen-bond donors (Lipinski definition) is 1. The van der Waals surface area contributed by atoms with Crippen LogP contribution in [0.2, 0.25) is 0 Å². The Morgan fingerprint density at radius 3 is 2.50 bits per heavy atom. The fourth-order valence-electron chi connectivity index (χ4n) is 3.50. The predicted octanol–water partition coefficient (Wildman–Crippen LogP) is 3.87. The van der Waals surface area contributed by atoms with Gasteiger partial charge in [-0.15, -0.1) is 10.2 Å². The van der Waals surface area contributed by atoms with Crippen molar-refractivity contribution in [3.05, 3.63) is 53.6 Å². The number of carbonyl (C=O) groups excluding carboxylic acids is 1. The highest BCUT2D eigenvalue weighted by atomic mass is 32.2. The minimum atomic E-state index is -3.46. The van der Waals surface area contributed by atoms with Crippen molar-refractivity contribution in [2.24, 2.45) is 0 Å². The van der Waals surface area contributed by atoms with Gasteiger partial charge >= 0.3 is 0 Å². The van der Waals surface area contributed by atoms with Crippen LogP contribution in [-0.2, 0) is 14.8 Å². The molecule has 1 aromatic heterocycles. The summed E-state index contributed by atoms with van der Waals surface area (Å²) in [7, 11) is -3.46. The summed E-state index contributed by atoms with van der Waals surface area (Å²) in [6.07, 6.45) is 1.78. The molecule has 3 aromatic rings.